The molecule has 0 radical (unpaired) electrons. The van der Waals surface area contributed by atoms with Crippen molar-refractivity contribution in [1.29, 1.82) is 0 Å². The number of nitrogens with zero attached hydrogens (tertiary/aromatic N) is 2. The zero-order chi connectivity index (χ0) is 10.8. The Labute approximate surface area is 89.9 Å². The number of hydrogen-bond acceptors (Lipinski definition) is 4. The first-order valence-electron chi connectivity index (χ1n) is 4.67. The number of nitrogens with two attached hydrogens (primary N) is 1. The third kappa shape index (κ3) is 6.62. The Kier molecular flexibility index (Phi) is 8.17. The van der Waals surface area contributed by atoms with Crippen molar-refractivity contribution >= 4 is 17.4 Å². The number of nitrogens with one attached hydrogen (secondary N) is 1. The number of halogens is 1. The van der Waals surface area contributed by atoms with E-state index in [2.05, 4.69) is 29.1 Å². The summed E-state index contributed by atoms with van der Waals surface area (Å²) < 4.78 is 0. The average molecular weight is 217 g/mol. The van der Waals surface area contributed by atoms with Crippen molar-refractivity contribution in [1.82, 2.24) is 9.97 Å². The van der Waals surface area contributed by atoms with Crippen molar-refractivity contribution < 1.29 is 0 Å². The van der Waals surface area contributed by atoms with Gasteiger partial charge in [-0.05, 0) is 17.7 Å². The minimum atomic E-state index is 0.243. The molecule has 0 saturated heterocycles. The normalized spacial score (nSPS) is 8.86. The zero-order valence-electron chi connectivity index (χ0n) is 8.63. The van der Waals surface area contributed by atoms with Gasteiger partial charge in [0.15, 0.2) is 0 Å². The molecule has 0 aliphatic carbocycles. The molecule has 1 aromatic rings. The first kappa shape index (κ1) is 13.1. The first-order valence-corrected chi connectivity index (χ1v) is 5.04. The maximum Gasteiger partial charge on any atom is 0.224 e. The molecule has 1 aromatic heterocycles. The predicted octanol–water partition coefficient (Wildman–Crippen LogP) is 1.92. The highest BCUT2D eigenvalue weighted by atomic mass is 35.5. The third-order valence-corrected chi connectivity index (χ3v) is 1.26. The van der Waals surface area contributed by atoms with Gasteiger partial charge in [-0.15, -0.1) is 0 Å². The van der Waals surface area contributed by atoms with E-state index >= 15 is 0 Å². The van der Waals surface area contributed by atoms with E-state index in [0.717, 1.165) is 0 Å². The highest BCUT2D eigenvalue weighted by Crippen LogP contribution is 2.04. The van der Waals surface area contributed by atoms with Gasteiger partial charge in [0, 0.05) is 19.3 Å². The number of hydrogen-bond donors (Lipinski definition) is 2. The number of aromatic nitrogens is 2. The molecular weight excluding hydrogens is 200 g/mol. The lowest BCUT2D eigenvalue weighted by atomic mass is 10.5. The first-order chi connectivity index (χ1) is 6.74. The fraction of sp³-hybridized carbons (Fsp3) is 0.556. The average Bonchev–Trinajstić information content (AvgIpc) is 2.16. The molecule has 0 fully saturated rings. The van der Waals surface area contributed by atoms with Crippen LogP contribution >= 0.6 is 11.6 Å². The van der Waals surface area contributed by atoms with Crippen LogP contribution in [0.15, 0.2) is 12.3 Å². The van der Waals surface area contributed by atoms with E-state index in [9.17, 15) is 0 Å². The maximum atomic E-state index is 5.53. The van der Waals surface area contributed by atoms with Crippen LogP contribution in [0.4, 0.5) is 5.82 Å². The number of anilines is 1. The molecule has 0 amide bonds. The van der Waals surface area contributed by atoms with Crippen LogP contribution in [-0.4, -0.2) is 23.1 Å². The van der Waals surface area contributed by atoms with Crippen LogP contribution in [0, 0.1) is 0 Å². The molecule has 14 heavy (non-hydrogen) atoms. The molecule has 0 aromatic carbocycles. The van der Waals surface area contributed by atoms with Gasteiger partial charge in [-0.2, -0.15) is 0 Å². The SMILES string of the molecule is CCC.NCCNc1ccnc(Cl)n1. The van der Waals surface area contributed by atoms with Gasteiger partial charge >= 0.3 is 0 Å². The molecular formula is C9H17ClN4. The largest absolute Gasteiger partial charge is 0.369 e. The van der Waals surface area contributed by atoms with Gasteiger partial charge in [0.25, 0.3) is 0 Å². The van der Waals surface area contributed by atoms with E-state index in [-0.39, 0.29) is 5.28 Å². The second-order valence-electron chi connectivity index (χ2n) is 2.63. The lowest BCUT2D eigenvalue weighted by molar-refractivity contribution is 1.00. The van der Waals surface area contributed by atoms with E-state index in [1.54, 1.807) is 12.3 Å². The summed E-state index contributed by atoms with van der Waals surface area (Å²) in [5.74, 6) is 0.704. The molecule has 80 valence electrons. The van der Waals surface area contributed by atoms with Crippen LogP contribution in [-0.2, 0) is 0 Å². The van der Waals surface area contributed by atoms with E-state index in [0.29, 0.717) is 18.9 Å². The highest BCUT2D eigenvalue weighted by molar-refractivity contribution is 6.28. The van der Waals surface area contributed by atoms with Crippen molar-refractivity contribution in [2.45, 2.75) is 20.3 Å². The third-order valence-electron chi connectivity index (χ3n) is 1.08. The Morgan fingerprint density at radius 1 is 1.50 bits per heavy atom. The summed E-state index contributed by atoms with van der Waals surface area (Å²) in [5, 5.41) is 3.22. The fourth-order valence-electron chi connectivity index (χ4n) is 0.634. The molecule has 3 N–H and O–H groups in total. The summed E-state index contributed by atoms with van der Waals surface area (Å²) in [5.41, 5.74) is 5.28. The minimum Gasteiger partial charge on any atom is -0.369 e. The molecule has 5 heteroatoms. The monoisotopic (exact) mass is 216 g/mol. The Hall–Kier alpha value is -0.870. The van der Waals surface area contributed by atoms with E-state index in [1.807, 2.05) is 0 Å². The van der Waals surface area contributed by atoms with E-state index in [1.165, 1.54) is 6.42 Å². The van der Waals surface area contributed by atoms with Crippen molar-refractivity contribution in [3.8, 4) is 0 Å². The minimum absolute atomic E-state index is 0.243. The molecule has 0 aliphatic rings. The van der Waals surface area contributed by atoms with Crippen LogP contribution < -0.4 is 11.1 Å². The summed E-state index contributed by atoms with van der Waals surface area (Å²) in [6.07, 6.45) is 2.84. The second kappa shape index (κ2) is 8.72. The highest BCUT2D eigenvalue weighted by Gasteiger charge is 1.92. The Morgan fingerprint density at radius 3 is 2.64 bits per heavy atom. The summed E-state index contributed by atoms with van der Waals surface area (Å²) in [6, 6.07) is 1.74. The Balaban J connectivity index is 0.000000500. The zero-order valence-corrected chi connectivity index (χ0v) is 9.38. The van der Waals surface area contributed by atoms with Crippen molar-refractivity contribution in [2.24, 2.45) is 5.73 Å². The van der Waals surface area contributed by atoms with Crippen molar-refractivity contribution in [3.05, 3.63) is 17.5 Å². The molecule has 1 rings (SSSR count). The summed E-state index contributed by atoms with van der Waals surface area (Å²) >= 11 is 5.53. The van der Waals surface area contributed by atoms with Gasteiger partial charge in [0.1, 0.15) is 5.82 Å². The van der Waals surface area contributed by atoms with Crippen LogP contribution in [0.3, 0.4) is 0 Å². The molecule has 1 heterocycles. The maximum absolute atomic E-state index is 5.53. The van der Waals surface area contributed by atoms with Crippen LogP contribution in [0.2, 0.25) is 5.28 Å². The van der Waals surface area contributed by atoms with E-state index < -0.39 is 0 Å². The van der Waals surface area contributed by atoms with Crippen molar-refractivity contribution in [2.75, 3.05) is 18.4 Å². The lowest BCUT2D eigenvalue weighted by Gasteiger charge is -2.01. The summed E-state index contributed by atoms with van der Waals surface area (Å²) in [7, 11) is 0. The quantitative estimate of drug-likeness (QED) is 0.758. The molecule has 4 nitrogen and oxygen atoms in total. The standard InChI is InChI=1S/C6H9ClN4.C3H8/c7-6-10-3-1-5(11-6)9-4-2-8;1-3-2/h1,3H,2,4,8H2,(H,9,10,11);3H2,1-2H3. The van der Waals surface area contributed by atoms with Gasteiger partial charge in [-0.3, -0.25) is 0 Å². The molecule has 0 bridgehead atoms. The fourth-order valence-corrected chi connectivity index (χ4v) is 0.781. The Bertz CT molecular complexity index is 242. The predicted molar refractivity (Wildman–Crippen MR) is 60.6 cm³/mol. The molecule has 0 saturated carbocycles. The van der Waals surface area contributed by atoms with Gasteiger partial charge < -0.3 is 11.1 Å². The molecule has 0 aliphatic heterocycles. The van der Waals surface area contributed by atoms with Crippen LogP contribution in [0.5, 0.6) is 0 Å². The van der Waals surface area contributed by atoms with Crippen LogP contribution in [0.25, 0.3) is 0 Å². The second-order valence-corrected chi connectivity index (χ2v) is 2.97. The van der Waals surface area contributed by atoms with Crippen molar-refractivity contribution in [3.63, 3.8) is 0 Å². The molecule has 0 spiro atoms. The van der Waals surface area contributed by atoms with Crippen LogP contribution in [0.1, 0.15) is 20.3 Å². The van der Waals surface area contributed by atoms with Gasteiger partial charge in [-0.1, -0.05) is 20.3 Å². The van der Waals surface area contributed by atoms with Gasteiger partial charge in [0.2, 0.25) is 5.28 Å². The van der Waals surface area contributed by atoms with E-state index in [4.69, 9.17) is 17.3 Å². The van der Waals surface area contributed by atoms with Gasteiger partial charge in [0.05, 0.1) is 0 Å². The lowest BCUT2D eigenvalue weighted by Crippen LogP contribution is -2.13. The summed E-state index contributed by atoms with van der Waals surface area (Å²) in [6.45, 7) is 5.51. The topological polar surface area (TPSA) is 63.8 Å². The number of rotatable bonds is 3. The summed E-state index contributed by atoms with van der Waals surface area (Å²) in [4.78, 5) is 7.63. The van der Waals surface area contributed by atoms with Gasteiger partial charge in [-0.25, -0.2) is 9.97 Å². The smallest absolute Gasteiger partial charge is 0.224 e. The molecule has 0 unspecified atom stereocenters. The molecule has 0 atom stereocenters. The Morgan fingerprint density at radius 2 is 2.14 bits per heavy atom.